The van der Waals surface area contributed by atoms with E-state index in [2.05, 4.69) is 5.32 Å². The second kappa shape index (κ2) is 8.03. The third-order valence-corrected chi connectivity index (χ3v) is 6.37. The number of hydrogen-bond acceptors (Lipinski definition) is 5. The predicted molar refractivity (Wildman–Crippen MR) is 102 cm³/mol. The van der Waals surface area contributed by atoms with E-state index in [1.807, 2.05) is 4.90 Å². The van der Waals surface area contributed by atoms with Gasteiger partial charge in [-0.3, -0.25) is 9.69 Å². The summed E-state index contributed by atoms with van der Waals surface area (Å²) in [6.45, 7) is -0.131. The molecule has 1 heterocycles. The topological polar surface area (TPSA) is 99.2 Å². The van der Waals surface area contributed by atoms with Gasteiger partial charge in [-0.25, -0.2) is 9.59 Å². The van der Waals surface area contributed by atoms with E-state index in [0.29, 0.717) is 37.8 Å². The summed E-state index contributed by atoms with van der Waals surface area (Å²) in [6.07, 6.45) is -3.42. The van der Waals surface area contributed by atoms with E-state index in [4.69, 9.17) is 4.74 Å². The molecule has 2 N–H and O–H groups in total. The molecule has 1 aromatic rings. The number of halogens is 3. The number of urea groups is 1. The van der Waals surface area contributed by atoms with Crippen LogP contribution in [-0.2, 0) is 15.1 Å². The molecule has 2 aliphatic rings. The monoisotopic (exact) mass is 443 g/mol. The van der Waals surface area contributed by atoms with Gasteiger partial charge in [0.25, 0.3) is 0 Å². The van der Waals surface area contributed by atoms with Crippen molar-refractivity contribution in [3.63, 3.8) is 0 Å². The van der Waals surface area contributed by atoms with Gasteiger partial charge < -0.3 is 20.1 Å². The number of carbonyl (C=O) groups is 3. The van der Waals surface area contributed by atoms with E-state index in [0.717, 1.165) is 0 Å². The number of nitrogens with zero attached hydrogens (tertiary/aromatic N) is 2. The zero-order valence-corrected chi connectivity index (χ0v) is 17.2. The summed E-state index contributed by atoms with van der Waals surface area (Å²) >= 11 is 0. The maximum absolute atomic E-state index is 12.8. The zero-order chi connectivity index (χ0) is 23.0. The van der Waals surface area contributed by atoms with Crippen molar-refractivity contribution in [1.82, 2.24) is 15.1 Å². The van der Waals surface area contributed by atoms with Crippen LogP contribution in [0.1, 0.15) is 31.2 Å². The molecule has 1 aromatic carbocycles. The Hall–Kier alpha value is -2.82. The minimum absolute atomic E-state index is 0.169. The molecule has 2 fully saturated rings. The van der Waals surface area contributed by atoms with E-state index < -0.39 is 41.8 Å². The quantitative estimate of drug-likeness (QED) is 0.536. The van der Waals surface area contributed by atoms with Crippen molar-refractivity contribution in [2.24, 2.45) is 0 Å². The van der Waals surface area contributed by atoms with Crippen LogP contribution in [0.3, 0.4) is 0 Å². The van der Waals surface area contributed by atoms with Gasteiger partial charge in [0, 0.05) is 17.6 Å². The summed E-state index contributed by atoms with van der Waals surface area (Å²) in [5.74, 6) is -3.58. The Kier molecular flexibility index (Phi) is 5.92. The summed E-state index contributed by atoms with van der Waals surface area (Å²) < 4.78 is 43.0. The summed E-state index contributed by atoms with van der Waals surface area (Å²) in [5, 5.41) is 11.9. The Labute approximate surface area is 176 Å². The standard InChI is InChI=1S/C20H24F3N3O5/c1-25(2)19(13-5-3-4-6-14(13)31-16(29)20(21,22)23)9-7-18(8-10-19)12-24-17(30)26(18)11-15(27)28/h3-6H,7-12H2,1-2H3,(H,24,30)(H,27,28). The molecule has 3 rings (SSSR count). The van der Waals surface area contributed by atoms with Crippen molar-refractivity contribution in [2.45, 2.75) is 42.9 Å². The van der Waals surface area contributed by atoms with E-state index >= 15 is 0 Å². The van der Waals surface area contributed by atoms with Crippen LogP contribution in [-0.4, -0.2) is 71.8 Å². The lowest BCUT2D eigenvalue weighted by atomic mass is 9.68. The molecule has 0 bridgehead atoms. The number of para-hydroxylation sites is 1. The number of carboxylic acid groups (broad SMARTS) is 1. The molecule has 1 saturated heterocycles. The first-order valence-electron chi connectivity index (χ1n) is 9.74. The van der Waals surface area contributed by atoms with Crippen molar-refractivity contribution in [1.29, 1.82) is 0 Å². The lowest BCUT2D eigenvalue weighted by Gasteiger charge is -2.50. The largest absolute Gasteiger partial charge is 0.491 e. The van der Waals surface area contributed by atoms with Gasteiger partial charge in [0.05, 0.1) is 5.54 Å². The maximum atomic E-state index is 12.8. The minimum Gasteiger partial charge on any atom is -0.480 e. The van der Waals surface area contributed by atoms with Crippen LogP contribution in [0, 0.1) is 0 Å². The molecule has 1 aliphatic carbocycles. The summed E-state index contributed by atoms with van der Waals surface area (Å²) in [4.78, 5) is 38.1. The third kappa shape index (κ3) is 4.18. The van der Waals surface area contributed by atoms with Crippen LogP contribution >= 0.6 is 0 Å². The smallest absolute Gasteiger partial charge is 0.480 e. The van der Waals surface area contributed by atoms with Gasteiger partial charge in [-0.15, -0.1) is 0 Å². The van der Waals surface area contributed by atoms with Gasteiger partial charge >= 0.3 is 24.1 Å². The summed E-state index contributed by atoms with van der Waals surface area (Å²) in [5.41, 5.74) is -1.00. The first-order valence-corrected chi connectivity index (χ1v) is 9.74. The number of benzene rings is 1. The van der Waals surface area contributed by atoms with Crippen molar-refractivity contribution in [3.05, 3.63) is 29.8 Å². The molecular weight excluding hydrogens is 419 g/mol. The maximum Gasteiger partial charge on any atom is 0.491 e. The van der Waals surface area contributed by atoms with Crippen LogP contribution in [0.4, 0.5) is 18.0 Å². The van der Waals surface area contributed by atoms with Gasteiger partial charge in [0.1, 0.15) is 12.3 Å². The molecule has 11 heteroatoms. The molecular formula is C20H24F3N3O5. The van der Waals surface area contributed by atoms with Crippen LogP contribution in [0.25, 0.3) is 0 Å². The Bertz CT molecular complexity index is 879. The zero-order valence-electron chi connectivity index (χ0n) is 17.2. The molecule has 1 aliphatic heterocycles. The Morgan fingerprint density at radius 3 is 2.35 bits per heavy atom. The fourth-order valence-electron chi connectivity index (χ4n) is 4.65. The number of carbonyl (C=O) groups excluding carboxylic acids is 2. The number of rotatable bonds is 5. The number of ether oxygens (including phenoxy) is 1. The van der Waals surface area contributed by atoms with Gasteiger partial charge in [0.2, 0.25) is 0 Å². The Morgan fingerprint density at radius 1 is 1.19 bits per heavy atom. The Balaban J connectivity index is 1.92. The highest BCUT2D eigenvalue weighted by Crippen LogP contribution is 2.49. The van der Waals surface area contributed by atoms with E-state index in [1.165, 1.54) is 17.0 Å². The van der Waals surface area contributed by atoms with Crippen molar-refractivity contribution in [3.8, 4) is 5.75 Å². The minimum atomic E-state index is -5.12. The molecule has 31 heavy (non-hydrogen) atoms. The Morgan fingerprint density at radius 2 is 1.81 bits per heavy atom. The van der Waals surface area contributed by atoms with Crippen molar-refractivity contribution < 1.29 is 37.4 Å². The molecule has 0 unspecified atom stereocenters. The fourth-order valence-corrected chi connectivity index (χ4v) is 4.65. The second-order valence-corrected chi connectivity index (χ2v) is 8.17. The van der Waals surface area contributed by atoms with Gasteiger partial charge in [-0.05, 0) is 45.8 Å². The van der Waals surface area contributed by atoms with Crippen LogP contribution in [0.5, 0.6) is 5.75 Å². The number of esters is 1. The first kappa shape index (κ1) is 22.9. The van der Waals surface area contributed by atoms with E-state index in [9.17, 15) is 32.7 Å². The van der Waals surface area contributed by atoms with Gasteiger partial charge in [-0.1, -0.05) is 18.2 Å². The van der Waals surface area contributed by atoms with Crippen LogP contribution in [0.2, 0.25) is 0 Å². The van der Waals surface area contributed by atoms with Crippen LogP contribution in [0.15, 0.2) is 24.3 Å². The highest BCUT2D eigenvalue weighted by molar-refractivity contribution is 5.83. The van der Waals surface area contributed by atoms with E-state index in [-0.39, 0.29) is 5.75 Å². The van der Waals surface area contributed by atoms with E-state index in [1.54, 1.807) is 26.2 Å². The van der Waals surface area contributed by atoms with Crippen molar-refractivity contribution >= 4 is 18.0 Å². The SMILES string of the molecule is CN(C)C1(c2ccccc2OC(=O)C(F)(F)F)CCC2(CC1)CNC(=O)N2CC(=O)O. The molecule has 8 nitrogen and oxygen atoms in total. The average molecular weight is 443 g/mol. The second-order valence-electron chi connectivity index (χ2n) is 8.17. The number of nitrogens with one attached hydrogen (secondary N) is 1. The lowest BCUT2D eigenvalue weighted by molar-refractivity contribution is -0.189. The molecule has 1 saturated carbocycles. The third-order valence-electron chi connectivity index (χ3n) is 6.37. The van der Waals surface area contributed by atoms with Gasteiger partial charge in [-0.2, -0.15) is 13.2 Å². The summed E-state index contributed by atoms with van der Waals surface area (Å²) in [6, 6.07) is 5.66. The number of amides is 2. The molecule has 0 aromatic heterocycles. The van der Waals surface area contributed by atoms with Crippen molar-refractivity contribution in [2.75, 3.05) is 27.2 Å². The fraction of sp³-hybridized carbons (Fsp3) is 0.550. The number of hydrogen-bond donors (Lipinski definition) is 2. The summed E-state index contributed by atoms with van der Waals surface area (Å²) in [7, 11) is 3.57. The predicted octanol–water partition coefficient (Wildman–Crippen LogP) is 2.33. The molecule has 0 atom stereocenters. The molecule has 170 valence electrons. The lowest BCUT2D eigenvalue weighted by Crippen LogP contribution is -2.56. The number of alkyl halides is 3. The highest BCUT2D eigenvalue weighted by Gasteiger charge is 2.53. The number of carboxylic acids is 1. The molecule has 2 amide bonds. The van der Waals surface area contributed by atoms with Crippen LogP contribution < -0.4 is 10.1 Å². The normalized spacial score (nSPS) is 26.3. The highest BCUT2D eigenvalue weighted by atomic mass is 19.4. The first-order chi connectivity index (χ1) is 14.4. The molecule has 1 spiro atoms. The van der Waals surface area contributed by atoms with Gasteiger partial charge in [0.15, 0.2) is 0 Å². The average Bonchev–Trinajstić information content (AvgIpc) is 2.98. The number of aliphatic carboxylic acids is 1. The molecule has 0 radical (unpaired) electrons.